The number of nitrogens with two attached hydrogens (primary N) is 1. The lowest BCUT2D eigenvalue weighted by Crippen LogP contribution is -2.39. The number of amides is 2. The summed E-state index contributed by atoms with van der Waals surface area (Å²) in [6.45, 7) is 0. The van der Waals surface area contributed by atoms with Crippen molar-refractivity contribution in [3.63, 3.8) is 0 Å². The van der Waals surface area contributed by atoms with Crippen LogP contribution in [0.15, 0.2) is 34.9 Å². The molecule has 0 atom stereocenters. The van der Waals surface area contributed by atoms with Crippen LogP contribution in [0.4, 0.5) is 5.69 Å². The molecule has 92 valence electrons. The third-order valence-corrected chi connectivity index (χ3v) is 2.70. The summed E-state index contributed by atoms with van der Waals surface area (Å²) in [5, 5.41) is 3.29. The fourth-order valence-electron chi connectivity index (χ4n) is 1.48. The van der Waals surface area contributed by atoms with Gasteiger partial charge in [0.1, 0.15) is 0 Å². The van der Waals surface area contributed by atoms with Crippen LogP contribution in [-0.4, -0.2) is 16.8 Å². The minimum absolute atomic E-state index is 0.452. The van der Waals surface area contributed by atoms with Gasteiger partial charge in [0.25, 0.3) is 0 Å². The molecule has 0 aliphatic rings. The summed E-state index contributed by atoms with van der Waals surface area (Å²) in [6.07, 6.45) is 1.61. The summed E-state index contributed by atoms with van der Waals surface area (Å²) in [7, 11) is 0. The smallest absolute Gasteiger partial charge is 0.316 e. The lowest BCUT2D eigenvalue weighted by atomic mass is 10.2. The Hall–Kier alpha value is -1.99. The molecule has 6 nitrogen and oxygen atoms in total. The van der Waals surface area contributed by atoms with Gasteiger partial charge in [0.15, 0.2) is 0 Å². The number of benzene rings is 1. The average Bonchev–Trinajstić information content (AvgIpc) is 2.37. The first-order valence-electron chi connectivity index (χ1n) is 4.98. The van der Waals surface area contributed by atoms with Crippen LogP contribution in [0.2, 0.25) is 0 Å². The third-order valence-electron chi connectivity index (χ3n) is 2.26. The second-order valence-electron chi connectivity index (χ2n) is 3.46. The van der Waals surface area contributed by atoms with E-state index in [4.69, 9.17) is 5.84 Å². The van der Waals surface area contributed by atoms with E-state index in [2.05, 4.69) is 26.2 Å². The SMILES string of the molecule is NNC(=O)C(=O)Nc1cccc2cc(Br)cnc12. The Labute approximate surface area is 111 Å². The number of aromatic nitrogens is 1. The molecular weight excluding hydrogens is 300 g/mol. The van der Waals surface area contributed by atoms with Crippen LogP contribution in [-0.2, 0) is 9.59 Å². The lowest BCUT2D eigenvalue weighted by molar-refractivity contribution is -0.136. The van der Waals surface area contributed by atoms with E-state index in [-0.39, 0.29) is 0 Å². The van der Waals surface area contributed by atoms with Gasteiger partial charge in [-0.25, -0.2) is 5.84 Å². The van der Waals surface area contributed by atoms with Crippen LogP contribution in [0.3, 0.4) is 0 Å². The van der Waals surface area contributed by atoms with Crippen LogP contribution in [0.5, 0.6) is 0 Å². The number of hydrogen-bond donors (Lipinski definition) is 3. The second kappa shape index (κ2) is 5.11. The van der Waals surface area contributed by atoms with Crippen molar-refractivity contribution in [1.29, 1.82) is 0 Å². The molecule has 0 saturated carbocycles. The Balaban J connectivity index is 2.40. The fourth-order valence-corrected chi connectivity index (χ4v) is 1.83. The molecule has 7 heteroatoms. The molecule has 0 bridgehead atoms. The summed E-state index contributed by atoms with van der Waals surface area (Å²) in [5.74, 6) is 3.13. The third kappa shape index (κ3) is 2.47. The molecule has 1 heterocycles. The zero-order valence-corrected chi connectivity index (χ0v) is 10.7. The Morgan fingerprint density at radius 1 is 1.28 bits per heavy atom. The first-order chi connectivity index (χ1) is 8.61. The van der Waals surface area contributed by atoms with E-state index < -0.39 is 11.8 Å². The van der Waals surface area contributed by atoms with Crippen LogP contribution < -0.4 is 16.6 Å². The molecule has 0 spiro atoms. The number of carbonyl (C=O) groups excluding carboxylic acids is 2. The van der Waals surface area contributed by atoms with Gasteiger partial charge in [-0.05, 0) is 28.1 Å². The molecule has 1 aromatic carbocycles. The highest BCUT2D eigenvalue weighted by Crippen LogP contribution is 2.23. The summed E-state index contributed by atoms with van der Waals surface area (Å²) < 4.78 is 0.832. The molecule has 0 radical (unpaired) electrons. The predicted molar refractivity (Wildman–Crippen MR) is 70.4 cm³/mol. The zero-order valence-electron chi connectivity index (χ0n) is 9.11. The molecule has 4 N–H and O–H groups in total. The quantitative estimate of drug-likeness (QED) is 0.316. The van der Waals surface area contributed by atoms with Crippen molar-refractivity contribution in [2.45, 2.75) is 0 Å². The normalized spacial score (nSPS) is 10.1. The maximum atomic E-state index is 11.4. The maximum Gasteiger partial charge on any atom is 0.323 e. The number of anilines is 1. The number of nitrogens with one attached hydrogen (secondary N) is 2. The van der Waals surface area contributed by atoms with Crippen LogP contribution in [0, 0.1) is 0 Å². The molecule has 0 aliphatic heterocycles. The minimum atomic E-state index is -0.913. The van der Waals surface area contributed by atoms with E-state index >= 15 is 0 Å². The summed E-state index contributed by atoms with van der Waals surface area (Å²) >= 11 is 3.31. The van der Waals surface area contributed by atoms with Gasteiger partial charge >= 0.3 is 11.8 Å². The van der Waals surface area contributed by atoms with Crippen molar-refractivity contribution >= 4 is 44.3 Å². The zero-order chi connectivity index (χ0) is 13.1. The Kier molecular flexibility index (Phi) is 3.54. The van der Waals surface area contributed by atoms with Crippen molar-refractivity contribution in [2.24, 2.45) is 5.84 Å². The first kappa shape index (κ1) is 12.5. The molecule has 18 heavy (non-hydrogen) atoms. The molecular formula is C11H9BrN4O2. The minimum Gasteiger partial charge on any atom is -0.316 e. The van der Waals surface area contributed by atoms with Gasteiger partial charge in [0.2, 0.25) is 0 Å². The number of carbonyl (C=O) groups is 2. The summed E-state index contributed by atoms with van der Waals surface area (Å²) in [4.78, 5) is 26.6. The molecule has 0 fully saturated rings. The number of pyridine rings is 1. The summed E-state index contributed by atoms with van der Waals surface area (Å²) in [6, 6.07) is 7.13. The number of nitrogens with zero attached hydrogens (tertiary/aromatic N) is 1. The van der Waals surface area contributed by atoms with Gasteiger partial charge in [0, 0.05) is 16.1 Å². The van der Waals surface area contributed by atoms with Gasteiger partial charge in [-0.1, -0.05) is 12.1 Å². The lowest BCUT2D eigenvalue weighted by Gasteiger charge is -2.07. The molecule has 1 aromatic heterocycles. The number of rotatable bonds is 1. The molecule has 2 rings (SSSR count). The summed E-state index contributed by atoms with van der Waals surface area (Å²) in [5.41, 5.74) is 2.81. The fraction of sp³-hybridized carbons (Fsp3) is 0. The molecule has 2 aromatic rings. The van der Waals surface area contributed by atoms with E-state index in [1.54, 1.807) is 23.8 Å². The highest BCUT2D eigenvalue weighted by atomic mass is 79.9. The van der Waals surface area contributed by atoms with E-state index in [1.807, 2.05) is 12.1 Å². The first-order valence-corrected chi connectivity index (χ1v) is 5.77. The number of hydrazine groups is 1. The van der Waals surface area contributed by atoms with Crippen molar-refractivity contribution in [1.82, 2.24) is 10.4 Å². The molecule has 0 unspecified atom stereocenters. The molecule has 0 aliphatic carbocycles. The monoisotopic (exact) mass is 308 g/mol. The average molecular weight is 309 g/mol. The van der Waals surface area contributed by atoms with Gasteiger partial charge in [-0.3, -0.25) is 20.0 Å². The second-order valence-corrected chi connectivity index (χ2v) is 4.37. The van der Waals surface area contributed by atoms with Gasteiger partial charge in [-0.2, -0.15) is 0 Å². The van der Waals surface area contributed by atoms with Crippen LogP contribution in [0.25, 0.3) is 10.9 Å². The van der Waals surface area contributed by atoms with Crippen molar-refractivity contribution < 1.29 is 9.59 Å². The van der Waals surface area contributed by atoms with Crippen LogP contribution in [0.1, 0.15) is 0 Å². The van der Waals surface area contributed by atoms with E-state index in [9.17, 15) is 9.59 Å². The van der Waals surface area contributed by atoms with Gasteiger partial charge < -0.3 is 5.32 Å². The largest absolute Gasteiger partial charge is 0.323 e. The van der Waals surface area contributed by atoms with Crippen LogP contribution >= 0.6 is 15.9 Å². The Bertz CT molecular complexity index is 629. The van der Waals surface area contributed by atoms with Crippen molar-refractivity contribution in [3.8, 4) is 0 Å². The van der Waals surface area contributed by atoms with Gasteiger partial charge in [0.05, 0.1) is 11.2 Å². The number of halogens is 1. The Morgan fingerprint density at radius 2 is 2.06 bits per heavy atom. The van der Waals surface area contributed by atoms with E-state index in [0.717, 1.165) is 9.86 Å². The standard InChI is InChI=1S/C11H9BrN4O2/c12-7-4-6-2-1-3-8(9(6)14-5-7)15-10(17)11(18)16-13/h1-5H,13H2,(H,15,17)(H,16,18). The highest BCUT2D eigenvalue weighted by molar-refractivity contribution is 9.10. The number of fused-ring (bicyclic) bond motifs is 1. The number of para-hydroxylation sites is 1. The molecule has 0 saturated heterocycles. The predicted octanol–water partition coefficient (Wildman–Crippen LogP) is 0.926. The Morgan fingerprint density at radius 3 is 2.78 bits per heavy atom. The van der Waals surface area contributed by atoms with E-state index in [1.165, 1.54) is 0 Å². The topological polar surface area (TPSA) is 97.1 Å². The number of hydrogen-bond acceptors (Lipinski definition) is 4. The van der Waals surface area contributed by atoms with Crippen molar-refractivity contribution in [3.05, 3.63) is 34.9 Å². The highest BCUT2D eigenvalue weighted by Gasteiger charge is 2.13. The van der Waals surface area contributed by atoms with Crippen molar-refractivity contribution in [2.75, 3.05) is 5.32 Å². The molecule has 2 amide bonds. The van der Waals surface area contributed by atoms with E-state index in [0.29, 0.717) is 11.2 Å². The van der Waals surface area contributed by atoms with Gasteiger partial charge in [-0.15, -0.1) is 0 Å². The maximum absolute atomic E-state index is 11.4.